The number of benzene rings is 1. The first kappa shape index (κ1) is 29.5. The number of nitrogens with zero attached hydrogens (tertiary/aromatic N) is 3. The van der Waals surface area contributed by atoms with Gasteiger partial charge < -0.3 is 37.6 Å². The number of carbonyl (C=O) groups excluding carboxylic acids is 1. The maximum atomic E-state index is 12.7. The Morgan fingerprint density at radius 2 is 1.74 bits per heavy atom. The fourth-order valence-electron chi connectivity index (χ4n) is 3.06. The zero-order chi connectivity index (χ0) is 25.3. The van der Waals surface area contributed by atoms with E-state index in [9.17, 15) is 10.0 Å². The van der Waals surface area contributed by atoms with E-state index in [4.69, 9.17) is 16.4 Å². The maximum absolute atomic E-state index is 12.7. The number of amides is 1. The maximum Gasteiger partial charge on any atom is 0.271 e. The number of rotatable bonds is 16. The molecule has 1 rings (SSSR count). The van der Waals surface area contributed by atoms with Gasteiger partial charge in [0.1, 0.15) is 18.4 Å². The molecule has 0 aliphatic heterocycles. The molecule has 0 aliphatic carbocycles. The molecule has 0 fully saturated rings. The molecule has 1 aromatic carbocycles. The van der Waals surface area contributed by atoms with Crippen LogP contribution in [-0.2, 0) is 11.2 Å². The van der Waals surface area contributed by atoms with Crippen molar-refractivity contribution in [3.8, 4) is 5.75 Å². The molecular weight excluding hydrogens is 572 g/mol. The number of oxime groups is 1. The number of nitrogens with two attached hydrogens (primary N) is 2. The number of halogens is 2. The average Bonchev–Trinajstić information content (AvgIpc) is 2.81. The molecule has 11 nitrogen and oxygen atoms in total. The highest BCUT2D eigenvalue weighted by Gasteiger charge is 2.20. The summed E-state index contributed by atoms with van der Waals surface area (Å²) in [5, 5.41) is 28.3. The Bertz CT molecular complexity index is 828. The summed E-state index contributed by atoms with van der Waals surface area (Å²) < 4.78 is 7.38. The van der Waals surface area contributed by atoms with Gasteiger partial charge in [0.15, 0.2) is 12.0 Å². The molecule has 0 saturated heterocycles. The zero-order valence-electron chi connectivity index (χ0n) is 19.4. The van der Waals surface area contributed by atoms with Crippen LogP contribution in [0.15, 0.2) is 36.4 Å². The molecule has 13 heteroatoms. The van der Waals surface area contributed by atoms with Gasteiger partial charge in [0.25, 0.3) is 5.91 Å². The van der Waals surface area contributed by atoms with Crippen LogP contribution in [0.4, 0.5) is 0 Å². The number of nitrogens with one attached hydrogen (secondary N) is 3. The lowest BCUT2D eigenvalue weighted by Crippen LogP contribution is -2.47. The quantitative estimate of drug-likeness (QED) is 0.0319. The van der Waals surface area contributed by atoms with Crippen LogP contribution in [0.2, 0.25) is 0 Å². The van der Waals surface area contributed by atoms with Crippen molar-refractivity contribution in [3.05, 3.63) is 26.6 Å². The topological polar surface area (TPSA) is 172 Å². The van der Waals surface area contributed by atoms with Gasteiger partial charge in [-0.15, -0.1) is 0 Å². The summed E-state index contributed by atoms with van der Waals surface area (Å²) in [6, 6.07) is 3.60. The van der Waals surface area contributed by atoms with E-state index in [-0.39, 0.29) is 18.4 Å². The second-order valence-corrected chi connectivity index (χ2v) is 9.13. The first-order valence-electron chi connectivity index (χ1n) is 11.0. The van der Waals surface area contributed by atoms with Gasteiger partial charge in [-0.2, -0.15) is 10.2 Å². The van der Waals surface area contributed by atoms with Crippen LogP contribution in [0.25, 0.3) is 0 Å². The molecule has 0 radical (unpaired) electrons. The fourth-order valence-corrected chi connectivity index (χ4v) is 4.53. The van der Waals surface area contributed by atoms with Gasteiger partial charge in [0.05, 0.1) is 15.1 Å². The lowest BCUT2D eigenvalue weighted by molar-refractivity contribution is -0.115. The van der Waals surface area contributed by atoms with E-state index >= 15 is 0 Å². The van der Waals surface area contributed by atoms with E-state index < -0.39 is 12.1 Å². The molecule has 1 aromatic rings. The second-order valence-electron chi connectivity index (χ2n) is 7.42. The highest BCUT2D eigenvalue weighted by atomic mass is 79.9. The smallest absolute Gasteiger partial charge is 0.271 e. The van der Waals surface area contributed by atoms with Crippen molar-refractivity contribution in [2.75, 3.05) is 0 Å². The molecule has 0 saturated carbocycles. The van der Waals surface area contributed by atoms with E-state index in [0.717, 1.165) is 37.7 Å². The van der Waals surface area contributed by atoms with Crippen molar-refractivity contribution in [1.29, 1.82) is 0 Å². The summed E-state index contributed by atoms with van der Waals surface area (Å²) in [6.45, 7) is 4.14. The monoisotopic (exact) mass is 604 g/mol. The fraction of sp³-hybridized carbons (Fsp3) is 0.524. The lowest BCUT2D eigenvalue weighted by Gasteiger charge is -2.21. The van der Waals surface area contributed by atoms with Crippen LogP contribution < -0.4 is 32.4 Å². The lowest BCUT2D eigenvalue weighted by atomic mass is 10.1. The first-order chi connectivity index (χ1) is 16.4. The van der Waals surface area contributed by atoms with Crippen LogP contribution in [0, 0.1) is 0 Å². The highest BCUT2D eigenvalue weighted by Crippen LogP contribution is 2.36. The van der Waals surface area contributed by atoms with Crippen molar-refractivity contribution in [2.45, 2.75) is 71.2 Å². The third kappa shape index (κ3) is 10.6. The Morgan fingerprint density at radius 1 is 1.09 bits per heavy atom. The number of hydrogen-bond acceptors (Lipinski definition) is 8. The summed E-state index contributed by atoms with van der Waals surface area (Å²) in [5.74, 6) is 10.4. The van der Waals surface area contributed by atoms with Gasteiger partial charge in [-0.3, -0.25) is 4.79 Å². The van der Waals surface area contributed by atoms with Crippen LogP contribution in [0.1, 0.15) is 57.9 Å². The van der Waals surface area contributed by atoms with Gasteiger partial charge in [-0.05, 0) is 62.4 Å². The summed E-state index contributed by atoms with van der Waals surface area (Å²) in [7, 11) is 0. The highest BCUT2D eigenvalue weighted by molar-refractivity contribution is 9.11. The number of carbonyl (C=O) groups is 1. The SMILES string of the molecule is CCCCCC(NC=NN)NC(=O)C(Cc1cc(Br)c(OC(CCC)NC=NN)c(Br)c1)=NO. The molecule has 0 aliphatic rings. The van der Waals surface area contributed by atoms with Crippen molar-refractivity contribution < 1.29 is 14.7 Å². The molecule has 0 heterocycles. The van der Waals surface area contributed by atoms with Crippen molar-refractivity contribution in [3.63, 3.8) is 0 Å². The van der Waals surface area contributed by atoms with Gasteiger partial charge in [-0.25, -0.2) is 0 Å². The second kappa shape index (κ2) is 17.0. The molecule has 8 N–H and O–H groups in total. The molecule has 0 spiro atoms. The summed E-state index contributed by atoms with van der Waals surface area (Å²) in [6.07, 6.45) is 7.36. The standard InChI is InChI=1S/C21H34Br2N8O3/c1-3-5-6-8-18(26-12-28-24)30-21(32)17(31-33)11-14-9-15(22)20(16(23)10-14)34-19(7-4-2)27-13-29-25/h9-10,12-13,18-19,33H,3-8,11,24-25H2,1-2H3,(H,26,28)(H,27,29)(H,30,32). The minimum absolute atomic E-state index is 0.0378. The largest absolute Gasteiger partial charge is 0.468 e. The molecule has 0 bridgehead atoms. The predicted molar refractivity (Wildman–Crippen MR) is 142 cm³/mol. The number of hydrogen-bond donors (Lipinski definition) is 6. The molecule has 2 atom stereocenters. The minimum Gasteiger partial charge on any atom is -0.468 e. The Labute approximate surface area is 217 Å². The summed E-state index contributed by atoms with van der Waals surface area (Å²) >= 11 is 7.04. The summed E-state index contributed by atoms with van der Waals surface area (Å²) in [4.78, 5) is 12.7. The van der Waals surface area contributed by atoms with Crippen molar-refractivity contribution in [2.24, 2.45) is 27.0 Å². The van der Waals surface area contributed by atoms with Crippen LogP contribution in [0.5, 0.6) is 5.75 Å². The van der Waals surface area contributed by atoms with E-state index in [2.05, 4.69) is 70.1 Å². The van der Waals surface area contributed by atoms with E-state index in [1.165, 1.54) is 12.7 Å². The molecule has 2 unspecified atom stereocenters. The van der Waals surface area contributed by atoms with E-state index in [1.807, 2.05) is 6.92 Å². The Kier molecular flexibility index (Phi) is 14.7. The minimum atomic E-state index is -0.497. The van der Waals surface area contributed by atoms with E-state index in [1.54, 1.807) is 12.1 Å². The molecule has 0 aromatic heterocycles. The van der Waals surface area contributed by atoms with Crippen LogP contribution in [-0.4, -0.2) is 41.9 Å². The average molecular weight is 606 g/mol. The van der Waals surface area contributed by atoms with Gasteiger partial charge >= 0.3 is 0 Å². The zero-order valence-corrected chi connectivity index (χ0v) is 22.6. The number of unbranched alkanes of at least 4 members (excludes halogenated alkanes) is 2. The Morgan fingerprint density at radius 3 is 2.29 bits per heavy atom. The Balaban J connectivity index is 2.93. The predicted octanol–water partition coefficient (Wildman–Crippen LogP) is 3.10. The third-order valence-corrected chi connectivity index (χ3v) is 5.89. The molecule has 34 heavy (non-hydrogen) atoms. The Hall–Kier alpha value is -2.54. The van der Waals surface area contributed by atoms with Crippen molar-refractivity contribution in [1.82, 2.24) is 16.0 Å². The van der Waals surface area contributed by atoms with Gasteiger partial charge in [0.2, 0.25) is 0 Å². The summed E-state index contributed by atoms with van der Waals surface area (Å²) in [5.41, 5.74) is 0.695. The molecule has 1 amide bonds. The van der Waals surface area contributed by atoms with Gasteiger partial charge in [-0.1, -0.05) is 38.3 Å². The van der Waals surface area contributed by atoms with E-state index in [0.29, 0.717) is 21.1 Å². The van der Waals surface area contributed by atoms with Gasteiger partial charge in [0, 0.05) is 12.8 Å². The van der Waals surface area contributed by atoms with Crippen LogP contribution >= 0.6 is 31.9 Å². The normalized spacial score (nSPS) is 13.7. The third-order valence-electron chi connectivity index (χ3n) is 4.71. The molecule has 190 valence electrons. The number of ether oxygens (including phenoxy) is 1. The van der Waals surface area contributed by atoms with Crippen LogP contribution in [0.3, 0.4) is 0 Å². The first-order valence-corrected chi connectivity index (χ1v) is 12.6. The van der Waals surface area contributed by atoms with Crippen molar-refractivity contribution >= 4 is 56.2 Å². The number of hydrazone groups is 2. The molecular formula is C21H34Br2N8O3.